The molecule has 0 aliphatic heterocycles. The minimum absolute atomic E-state index is 0.211. The predicted molar refractivity (Wildman–Crippen MR) is 111 cm³/mol. The number of halogens is 1. The molecule has 5 rings (SSSR count). The summed E-state index contributed by atoms with van der Waals surface area (Å²) in [6.45, 7) is 0. The van der Waals surface area contributed by atoms with E-state index < -0.39 is 0 Å². The molecule has 0 unspecified atom stereocenters. The zero-order chi connectivity index (χ0) is 20.5. The number of aromatic nitrogens is 6. The van der Waals surface area contributed by atoms with E-state index in [1.165, 1.54) is 16.8 Å². The summed E-state index contributed by atoms with van der Waals surface area (Å²) in [7, 11) is 0. The number of para-hydroxylation sites is 2. The molecule has 2 N–H and O–H groups in total. The van der Waals surface area contributed by atoms with Gasteiger partial charge in [0.2, 0.25) is 5.95 Å². The van der Waals surface area contributed by atoms with Gasteiger partial charge < -0.3 is 4.98 Å². The fourth-order valence-corrected chi connectivity index (χ4v) is 3.46. The fourth-order valence-electron chi connectivity index (χ4n) is 3.46. The molecule has 0 fully saturated rings. The van der Waals surface area contributed by atoms with E-state index in [9.17, 15) is 9.18 Å². The van der Waals surface area contributed by atoms with E-state index in [0.717, 1.165) is 16.6 Å². The summed E-state index contributed by atoms with van der Waals surface area (Å²) in [5.41, 5.74) is 4.06. The quantitative estimate of drug-likeness (QED) is 0.473. The highest BCUT2D eigenvalue weighted by Gasteiger charge is 2.19. The molecule has 3 aromatic heterocycles. The second-order valence-electron chi connectivity index (χ2n) is 6.90. The molecule has 0 aliphatic rings. The first kappa shape index (κ1) is 18.0. The van der Waals surface area contributed by atoms with E-state index in [2.05, 4.69) is 25.0 Å². The topological polar surface area (TPSA) is 92.2 Å². The Labute approximate surface area is 170 Å². The summed E-state index contributed by atoms with van der Waals surface area (Å²) in [5, 5.41) is 3.14. The lowest BCUT2D eigenvalue weighted by atomic mass is 10.0. The van der Waals surface area contributed by atoms with Crippen LogP contribution < -0.4 is 5.56 Å². The molecule has 0 bridgehead atoms. The maximum Gasteiger partial charge on any atom is 0.277 e. The van der Waals surface area contributed by atoms with Gasteiger partial charge in [0.1, 0.15) is 11.5 Å². The Bertz CT molecular complexity index is 1340. The van der Waals surface area contributed by atoms with Gasteiger partial charge in [-0.25, -0.2) is 9.37 Å². The number of rotatable bonds is 5. The first-order chi connectivity index (χ1) is 14.7. The van der Waals surface area contributed by atoms with Crippen molar-refractivity contribution in [1.82, 2.24) is 29.7 Å². The lowest BCUT2D eigenvalue weighted by Gasteiger charge is -2.02. The van der Waals surface area contributed by atoms with E-state index in [-0.39, 0.29) is 11.4 Å². The van der Waals surface area contributed by atoms with Crippen molar-refractivity contribution in [3.63, 3.8) is 0 Å². The van der Waals surface area contributed by atoms with Gasteiger partial charge in [-0.3, -0.25) is 19.9 Å². The van der Waals surface area contributed by atoms with Crippen molar-refractivity contribution in [2.24, 2.45) is 0 Å². The molecule has 8 heteroatoms. The van der Waals surface area contributed by atoms with Crippen molar-refractivity contribution < 1.29 is 4.39 Å². The number of hydrogen-bond acceptors (Lipinski definition) is 4. The number of H-pyrrole nitrogens is 2. The van der Waals surface area contributed by atoms with Gasteiger partial charge in [-0.1, -0.05) is 24.3 Å². The van der Waals surface area contributed by atoms with E-state index in [4.69, 9.17) is 0 Å². The molecule has 0 amide bonds. The number of aryl methyl sites for hydroxylation is 1. The first-order valence-electron chi connectivity index (χ1n) is 9.49. The van der Waals surface area contributed by atoms with Crippen LogP contribution in [0.2, 0.25) is 0 Å². The van der Waals surface area contributed by atoms with Crippen LogP contribution in [0, 0.1) is 5.82 Å². The van der Waals surface area contributed by atoms with Crippen LogP contribution in [-0.4, -0.2) is 29.7 Å². The lowest BCUT2D eigenvalue weighted by Crippen LogP contribution is -2.18. The third-order valence-electron chi connectivity index (χ3n) is 4.97. The van der Waals surface area contributed by atoms with Gasteiger partial charge >= 0.3 is 0 Å². The second kappa shape index (κ2) is 7.40. The van der Waals surface area contributed by atoms with Crippen molar-refractivity contribution >= 4 is 11.0 Å². The van der Waals surface area contributed by atoms with Crippen LogP contribution in [0.25, 0.3) is 28.4 Å². The lowest BCUT2D eigenvalue weighted by molar-refractivity contribution is 0.627. The molecule has 0 atom stereocenters. The van der Waals surface area contributed by atoms with Crippen LogP contribution in [0.3, 0.4) is 0 Å². The molecule has 2 aromatic carbocycles. The van der Waals surface area contributed by atoms with E-state index in [1.54, 1.807) is 30.7 Å². The standard InChI is InChI=1S/C22H17FN6O/c23-15-8-5-14(6-9-15)7-10-16-20(19-13-24-11-12-25-19)28-29(21(16)30)22-26-17-3-1-2-4-18(17)27-22/h1-6,8-9,11-13,28H,7,10H2,(H,26,27). The highest BCUT2D eigenvalue weighted by Crippen LogP contribution is 2.20. The first-order valence-corrected chi connectivity index (χ1v) is 9.49. The number of nitrogens with zero attached hydrogens (tertiary/aromatic N) is 4. The molecular weight excluding hydrogens is 383 g/mol. The second-order valence-corrected chi connectivity index (χ2v) is 6.90. The normalized spacial score (nSPS) is 11.2. The molecule has 3 heterocycles. The van der Waals surface area contributed by atoms with Crippen molar-refractivity contribution in [1.29, 1.82) is 0 Å². The van der Waals surface area contributed by atoms with Crippen molar-refractivity contribution in [2.75, 3.05) is 0 Å². The molecule has 0 spiro atoms. The minimum Gasteiger partial charge on any atom is -0.322 e. The van der Waals surface area contributed by atoms with Crippen LogP contribution in [0.15, 0.2) is 71.9 Å². The maximum atomic E-state index is 13.3. The Morgan fingerprint density at radius 2 is 1.83 bits per heavy atom. The number of fused-ring (bicyclic) bond motifs is 1. The molecular formula is C22H17FN6O. The molecule has 7 nitrogen and oxygen atoms in total. The number of nitrogens with one attached hydrogen (secondary N) is 2. The fraction of sp³-hybridized carbons (Fsp3) is 0.0909. The Kier molecular flexibility index (Phi) is 4.44. The molecule has 0 saturated heterocycles. The van der Waals surface area contributed by atoms with Gasteiger partial charge in [0.05, 0.1) is 22.9 Å². The average molecular weight is 400 g/mol. The molecule has 30 heavy (non-hydrogen) atoms. The summed E-state index contributed by atoms with van der Waals surface area (Å²) < 4.78 is 14.6. The Morgan fingerprint density at radius 1 is 1.00 bits per heavy atom. The van der Waals surface area contributed by atoms with Gasteiger partial charge in [0.25, 0.3) is 5.56 Å². The van der Waals surface area contributed by atoms with Gasteiger partial charge in [0, 0.05) is 18.0 Å². The average Bonchev–Trinajstić information content (AvgIpc) is 3.35. The van der Waals surface area contributed by atoms with Crippen molar-refractivity contribution in [3.8, 4) is 17.3 Å². The Hall–Kier alpha value is -4.07. The zero-order valence-corrected chi connectivity index (χ0v) is 15.8. The number of imidazole rings is 1. The number of benzene rings is 2. The summed E-state index contributed by atoms with van der Waals surface area (Å²) in [5.74, 6) is 0.118. The number of aromatic amines is 2. The molecule has 5 aromatic rings. The molecule has 0 radical (unpaired) electrons. The predicted octanol–water partition coefficient (Wildman–Crippen LogP) is 3.42. The van der Waals surface area contributed by atoms with Crippen LogP contribution in [0.5, 0.6) is 0 Å². The smallest absolute Gasteiger partial charge is 0.277 e. The Balaban J connectivity index is 1.58. The summed E-state index contributed by atoms with van der Waals surface area (Å²) in [6, 6.07) is 13.9. The van der Waals surface area contributed by atoms with Crippen LogP contribution in [-0.2, 0) is 12.8 Å². The molecule has 0 saturated carbocycles. The largest absolute Gasteiger partial charge is 0.322 e. The molecule has 0 aliphatic carbocycles. The van der Waals surface area contributed by atoms with Gasteiger partial charge in [-0.15, -0.1) is 0 Å². The third-order valence-corrected chi connectivity index (χ3v) is 4.97. The van der Waals surface area contributed by atoms with E-state index in [0.29, 0.717) is 35.7 Å². The van der Waals surface area contributed by atoms with Crippen LogP contribution in [0.4, 0.5) is 4.39 Å². The maximum absolute atomic E-state index is 13.3. The zero-order valence-electron chi connectivity index (χ0n) is 15.8. The summed E-state index contributed by atoms with van der Waals surface area (Å²) in [4.78, 5) is 29.4. The van der Waals surface area contributed by atoms with Gasteiger partial charge in [-0.05, 0) is 42.7 Å². The SMILES string of the molecule is O=c1c(CCc2ccc(F)cc2)c(-c2cnccn2)[nH]n1-c1nc2ccccc2[nH]1. The van der Waals surface area contributed by atoms with Gasteiger partial charge in [0.15, 0.2) is 0 Å². The van der Waals surface area contributed by atoms with E-state index >= 15 is 0 Å². The Morgan fingerprint density at radius 3 is 2.60 bits per heavy atom. The molecule has 148 valence electrons. The summed E-state index contributed by atoms with van der Waals surface area (Å²) in [6.07, 6.45) is 5.81. The highest BCUT2D eigenvalue weighted by atomic mass is 19.1. The van der Waals surface area contributed by atoms with Crippen molar-refractivity contribution in [2.45, 2.75) is 12.8 Å². The summed E-state index contributed by atoms with van der Waals surface area (Å²) >= 11 is 0. The highest BCUT2D eigenvalue weighted by molar-refractivity contribution is 5.76. The number of hydrogen-bond donors (Lipinski definition) is 2. The van der Waals surface area contributed by atoms with Gasteiger partial charge in [-0.2, -0.15) is 4.68 Å². The monoisotopic (exact) mass is 400 g/mol. The van der Waals surface area contributed by atoms with E-state index in [1.807, 2.05) is 24.3 Å². The van der Waals surface area contributed by atoms with Crippen LogP contribution in [0.1, 0.15) is 11.1 Å². The van der Waals surface area contributed by atoms with Crippen molar-refractivity contribution in [3.05, 3.63) is 94.4 Å². The third kappa shape index (κ3) is 3.28. The minimum atomic E-state index is -0.284. The van der Waals surface area contributed by atoms with Crippen LogP contribution >= 0.6 is 0 Å².